The second-order valence-electron chi connectivity index (χ2n) is 11.3. The Morgan fingerprint density at radius 2 is 0.952 bits per heavy atom. The minimum absolute atomic E-state index is 0.0478. The van der Waals surface area contributed by atoms with Gasteiger partial charge in [-0.05, 0) is 87.0 Å². The molecule has 42 heavy (non-hydrogen) atoms. The fourth-order valence-electron chi connectivity index (χ4n) is 6.07. The molecule has 0 aliphatic heterocycles. The third-order valence-electron chi connectivity index (χ3n) is 8.31. The van der Waals surface area contributed by atoms with Gasteiger partial charge in [0.15, 0.2) is 0 Å². The monoisotopic (exact) mass is 541 g/mol. The van der Waals surface area contributed by atoms with Gasteiger partial charge in [0, 0.05) is 22.5 Å². The van der Waals surface area contributed by atoms with Crippen LogP contribution in [0.5, 0.6) is 0 Å². The number of hydrogen-bond acceptors (Lipinski definition) is 1. The average Bonchev–Trinajstić information content (AvgIpc) is 3.31. The third kappa shape index (κ3) is 4.74. The van der Waals surface area contributed by atoms with E-state index >= 15 is 0 Å². The zero-order chi connectivity index (χ0) is 30.3. The minimum Gasteiger partial charge on any atom is -0.311 e. The summed E-state index contributed by atoms with van der Waals surface area (Å²) in [6.07, 6.45) is 0. The summed E-state index contributed by atoms with van der Waals surface area (Å²) in [5.41, 5.74) is 12.1. The van der Waals surface area contributed by atoms with Gasteiger partial charge >= 0.3 is 0 Å². The van der Waals surface area contributed by atoms with Crippen LogP contribution in [0.1, 0.15) is 38.8 Å². The number of para-hydroxylation sites is 2. The molecule has 1 heteroatoms. The van der Waals surface area contributed by atoms with Crippen LogP contribution in [0.25, 0.3) is 34.4 Å². The third-order valence-corrected chi connectivity index (χ3v) is 8.31. The van der Waals surface area contributed by atoms with Gasteiger partial charge in [-0.15, -0.1) is 0 Å². The van der Waals surface area contributed by atoms with Gasteiger partial charge in [0.05, 0.1) is 2.74 Å². The van der Waals surface area contributed by atoms with E-state index in [0.29, 0.717) is 5.56 Å². The van der Waals surface area contributed by atoms with Crippen molar-refractivity contribution in [3.63, 3.8) is 0 Å². The highest BCUT2D eigenvalue weighted by atomic mass is 15.1. The molecule has 0 atom stereocenters. The molecule has 0 radical (unpaired) electrons. The van der Waals surface area contributed by atoms with Crippen LogP contribution in [0.15, 0.2) is 152 Å². The number of anilines is 3. The molecule has 1 aliphatic carbocycles. The number of benzene rings is 6. The molecule has 0 saturated carbocycles. The number of hydrogen-bond donors (Lipinski definition) is 0. The maximum Gasteiger partial charge on any atom is 0.0629 e. The summed E-state index contributed by atoms with van der Waals surface area (Å²) in [5, 5.41) is 0. The molecule has 202 valence electrons. The van der Waals surface area contributed by atoms with Crippen LogP contribution >= 0.6 is 0 Å². The van der Waals surface area contributed by atoms with E-state index in [4.69, 9.17) is 2.74 Å². The van der Waals surface area contributed by atoms with Gasteiger partial charge in [0.2, 0.25) is 0 Å². The van der Waals surface area contributed by atoms with Crippen molar-refractivity contribution in [2.75, 3.05) is 4.90 Å². The van der Waals surface area contributed by atoms with E-state index in [0.717, 1.165) is 33.8 Å². The van der Waals surface area contributed by atoms with Crippen molar-refractivity contribution < 1.29 is 2.74 Å². The van der Waals surface area contributed by atoms with Crippen LogP contribution in [-0.2, 0) is 5.41 Å². The van der Waals surface area contributed by atoms with Crippen molar-refractivity contribution in [3.05, 3.63) is 174 Å². The van der Waals surface area contributed by atoms with Gasteiger partial charge < -0.3 is 4.90 Å². The predicted molar refractivity (Wildman–Crippen MR) is 179 cm³/mol. The molecule has 1 aliphatic rings. The summed E-state index contributed by atoms with van der Waals surface area (Å²) >= 11 is 0. The van der Waals surface area contributed by atoms with Gasteiger partial charge in [0.25, 0.3) is 0 Å². The normalized spacial score (nSPS) is 14.2. The summed E-state index contributed by atoms with van der Waals surface area (Å²) < 4.78 is 17.7. The number of rotatable bonds is 6. The molecule has 0 saturated heterocycles. The Hall–Kier alpha value is -5.14. The molecule has 0 spiro atoms. The molecule has 0 amide bonds. The van der Waals surface area contributed by atoms with E-state index in [1.165, 1.54) is 22.3 Å². The van der Waals surface area contributed by atoms with Gasteiger partial charge in [-0.1, -0.05) is 135 Å². The Morgan fingerprint density at radius 3 is 1.57 bits per heavy atom. The van der Waals surface area contributed by atoms with Crippen LogP contribution in [0.2, 0.25) is 0 Å². The Balaban J connectivity index is 1.15. The van der Waals surface area contributed by atoms with Crippen LogP contribution in [-0.4, -0.2) is 0 Å². The predicted octanol–water partition coefficient (Wildman–Crippen LogP) is 11.3. The van der Waals surface area contributed by atoms with E-state index < -0.39 is 0 Å². The molecular weight excluding hydrogens is 506 g/mol. The zero-order valence-electron chi connectivity index (χ0n) is 25.9. The second-order valence-corrected chi connectivity index (χ2v) is 11.3. The van der Waals surface area contributed by atoms with Gasteiger partial charge in [0.1, 0.15) is 0 Å². The summed E-state index contributed by atoms with van der Waals surface area (Å²) in [6, 6.07) is 52.3. The quantitative estimate of drug-likeness (QED) is 0.190. The first kappa shape index (κ1) is 23.6. The van der Waals surface area contributed by atoms with E-state index in [-0.39, 0.29) is 17.5 Å². The first-order chi connectivity index (χ1) is 21.4. The summed E-state index contributed by atoms with van der Waals surface area (Å²) in [4.78, 5) is 2.19. The Bertz CT molecular complexity index is 1930. The smallest absolute Gasteiger partial charge is 0.0629 e. The molecule has 0 bridgehead atoms. The molecule has 7 rings (SSSR count). The lowest BCUT2D eigenvalue weighted by atomic mass is 9.81. The van der Waals surface area contributed by atoms with E-state index in [1.54, 1.807) is 0 Å². The number of fused-ring (bicyclic) bond motifs is 3. The number of nitrogens with zero attached hydrogens (tertiary/aromatic N) is 1. The average molecular weight is 542 g/mol. The highest BCUT2D eigenvalue weighted by Gasteiger charge is 2.35. The summed E-state index contributed by atoms with van der Waals surface area (Å²) in [5.74, 6) is 0. The first-order valence-electron chi connectivity index (χ1n) is 15.5. The fourth-order valence-corrected chi connectivity index (χ4v) is 6.07. The lowest BCUT2D eigenvalue weighted by Gasteiger charge is -2.25. The summed E-state index contributed by atoms with van der Waals surface area (Å²) in [7, 11) is 0. The van der Waals surface area contributed by atoms with E-state index in [1.807, 2.05) is 72.8 Å². The molecule has 0 fully saturated rings. The zero-order valence-corrected chi connectivity index (χ0v) is 23.9. The Kier molecular flexibility index (Phi) is 5.99. The van der Waals surface area contributed by atoms with Crippen LogP contribution in [0.4, 0.5) is 17.1 Å². The molecular formula is C41H33N. The van der Waals surface area contributed by atoms with Gasteiger partial charge in [-0.2, -0.15) is 0 Å². The van der Waals surface area contributed by atoms with Crippen molar-refractivity contribution in [1.29, 1.82) is 0 Å². The van der Waals surface area contributed by atoms with Crippen molar-refractivity contribution in [2.45, 2.75) is 19.3 Å². The van der Waals surface area contributed by atoms with Gasteiger partial charge in [-0.25, -0.2) is 0 Å². The lowest BCUT2D eigenvalue weighted by Crippen LogP contribution is -2.14. The van der Waals surface area contributed by atoms with E-state index in [9.17, 15) is 0 Å². The summed E-state index contributed by atoms with van der Waals surface area (Å²) in [6.45, 7) is 4.59. The maximum atomic E-state index is 8.85. The standard InChI is InChI=1S/C41H33N/c1-41(2)39-16-10-9-15-37(39)38-28-25-33(29-40(38)41)32-23-19-30(20-24-32)17-18-31-21-26-36(27-22-31)42(34-11-5-3-6-12-34)35-13-7-4-8-14-35/h3-29H,1-2H3/b18-17+/i17D,18D. The fraction of sp³-hybridized carbons (Fsp3) is 0.0732. The molecule has 0 N–H and O–H groups in total. The highest BCUT2D eigenvalue weighted by molar-refractivity contribution is 5.84. The molecule has 0 aromatic heterocycles. The molecule has 6 aromatic carbocycles. The van der Waals surface area contributed by atoms with Crippen molar-refractivity contribution in [3.8, 4) is 22.3 Å². The van der Waals surface area contributed by atoms with Crippen molar-refractivity contribution in [2.24, 2.45) is 0 Å². The van der Waals surface area contributed by atoms with E-state index in [2.05, 4.69) is 97.6 Å². The Morgan fingerprint density at radius 1 is 0.476 bits per heavy atom. The van der Waals surface area contributed by atoms with Crippen molar-refractivity contribution >= 4 is 29.2 Å². The van der Waals surface area contributed by atoms with Crippen LogP contribution in [0.3, 0.4) is 0 Å². The topological polar surface area (TPSA) is 3.24 Å². The van der Waals surface area contributed by atoms with Gasteiger partial charge in [-0.3, -0.25) is 0 Å². The maximum absolute atomic E-state index is 8.85. The molecule has 1 nitrogen and oxygen atoms in total. The molecule has 6 aromatic rings. The lowest BCUT2D eigenvalue weighted by molar-refractivity contribution is 0.660. The van der Waals surface area contributed by atoms with Crippen molar-refractivity contribution in [1.82, 2.24) is 0 Å². The minimum atomic E-state index is -0.0478. The highest BCUT2D eigenvalue weighted by Crippen LogP contribution is 2.49. The largest absolute Gasteiger partial charge is 0.311 e. The molecule has 0 unspecified atom stereocenters. The van der Waals surface area contributed by atoms with Crippen LogP contribution < -0.4 is 4.90 Å². The van der Waals surface area contributed by atoms with Crippen LogP contribution in [0, 0.1) is 0 Å². The molecule has 0 heterocycles. The Labute approximate surface area is 251 Å². The second kappa shape index (κ2) is 10.7. The first-order valence-corrected chi connectivity index (χ1v) is 14.5. The SMILES string of the molecule is [2H]/C(=C(/[2H])c1ccc(N(c2ccccc2)c2ccccc2)cc1)c1ccc(-c2ccc3c(c2)C(C)(C)c2ccccc2-3)cc1.